The van der Waals surface area contributed by atoms with Gasteiger partial charge in [-0.25, -0.2) is 12.7 Å². The van der Waals surface area contributed by atoms with Gasteiger partial charge in [-0.3, -0.25) is 9.48 Å². The summed E-state index contributed by atoms with van der Waals surface area (Å²) in [4.78, 5) is 10.1. The standard InChI is InChI=1S/C10H14F3N3O4S/c1-15(5-3-10(11,12)13)21(19,20)8-6-14-16(7-8)4-2-9(17)18/h6-7H,2-5H2,1H3,(H,17,18). The zero-order valence-corrected chi connectivity index (χ0v) is 11.9. The van der Waals surface area contributed by atoms with Crippen molar-refractivity contribution in [2.75, 3.05) is 13.6 Å². The van der Waals surface area contributed by atoms with E-state index in [1.165, 1.54) is 0 Å². The summed E-state index contributed by atoms with van der Waals surface area (Å²) in [6.07, 6.45) is -3.89. The van der Waals surface area contributed by atoms with Crippen molar-refractivity contribution in [1.82, 2.24) is 14.1 Å². The minimum absolute atomic E-state index is 0.0306. The van der Waals surface area contributed by atoms with Crippen LogP contribution in [0.1, 0.15) is 12.8 Å². The molecule has 0 spiro atoms. The highest BCUT2D eigenvalue weighted by Gasteiger charge is 2.30. The van der Waals surface area contributed by atoms with Gasteiger partial charge in [0.1, 0.15) is 4.90 Å². The van der Waals surface area contributed by atoms with Crippen molar-refractivity contribution in [3.05, 3.63) is 12.4 Å². The van der Waals surface area contributed by atoms with Crippen molar-refractivity contribution in [2.24, 2.45) is 0 Å². The molecule has 0 fully saturated rings. The summed E-state index contributed by atoms with van der Waals surface area (Å²) in [5.74, 6) is -1.07. The van der Waals surface area contributed by atoms with Gasteiger partial charge in [0.25, 0.3) is 0 Å². The van der Waals surface area contributed by atoms with Gasteiger partial charge in [0.15, 0.2) is 0 Å². The number of carboxylic acid groups (broad SMARTS) is 1. The van der Waals surface area contributed by atoms with Gasteiger partial charge in [-0.05, 0) is 0 Å². The lowest BCUT2D eigenvalue weighted by molar-refractivity contribution is -0.137. The Hall–Kier alpha value is -1.62. The molecule has 120 valence electrons. The number of halogens is 3. The van der Waals surface area contributed by atoms with E-state index in [-0.39, 0.29) is 17.9 Å². The number of hydrogen-bond acceptors (Lipinski definition) is 4. The lowest BCUT2D eigenvalue weighted by Gasteiger charge is -2.16. The SMILES string of the molecule is CN(CCC(F)(F)F)S(=O)(=O)c1cnn(CCC(=O)O)c1. The van der Waals surface area contributed by atoms with Crippen LogP contribution in [0.4, 0.5) is 13.2 Å². The molecule has 0 aliphatic carbocycles. The lowest BCUT2D eigenvalue weighted by atomic mass is 10.4. The fourth-order valence-corrected chi connectivity index (χ4v) is 2.52. The van der Waals surface area contributed by atoms with Gasteiger partial charge in [0, 0.05) is 19.8 Å². The molecule has 0 aromatic carbocycles. The molecule has 7 nitrogen and oxygen atoms in total. The van der Waals surface area contributed by atoms with Crippen molar-refractivity contribution in [3.63, 3.8) is 0 Å². The van der Waals surface area contributed by atoms with Gasteiger partial charge in [-0.15, -0.1) is 0 Å². The molecule has 0 atom stereocenters. The maximum absolute atomic E-state index is 12.1. The maximum Gasteiger partial charge on any atom is 0.390 e. The first-order valence-corrected chi connectivity index (χ1v) is 7.24. The van der Waals surface area contributed by atoms with Gasteiger partial charge < -0.3 is 5.11 Å². The molecule has 0 radical (unpaired) electrons. The molecule has 0 aliphatic rings. The molecule has 21 heavy (non-hydrogen) atoms. The fourth-order valence-electron chi connectivity index (χ4n) is 1.39. The number of sulfonamides is 1. The number of aromatic nitrogens is 2. The maximum atomic E-state index is 12.1. The molecule has 11 heteroatoms. The summed E-state index contributed by atoms with van der Waals surface area (Å²) in [6.45, 7) is -0.733. The molecule has 0 bridgehead atoms. The van der Waals surface area contributed by atoms with E-state index in [1.807, 2.05) is 0 Å². The van der Waals surface area contributed by atoms with Gasteiger partial charge in [0.2, 0.25) is 10.0 Å². The van der Waals surface area contributed by atoms with Gasteiger partial charge in [-0.1, -0.05) is 0 Å². The number of aliphatic carboxylic acids is 1. The first kappa shape index (κ1) is 17.4. The number of nitrogens with zero attached hydrogens (tertiary/aromatic N) is 3. The number of rotatable bonds is 7. The van der Waals surface area contributed by atoms with Crippen molar-refractivity contribution < 1.29 is 31.5 Å². The van der Waals surface area contributed by atoms with E-state index in [1.54, 1.807) is 0 Å². The highest BCUT2D eigenvalue weighted by Crippen LogP contribution is 2.21. The molecule has 0 saturated heterocycles. The van der Waals surface area contributed by atoms with Crippen LogP contribution in [0.2, 0.25) is 0 Å². The van der Waals surface area contributed by atoms with Crippen LogP contribution in [-0.2, 0) is 21.4 Å². The van der Waals surface area contributed by atoms with E-state index >= 15 is 0 Å². The summed E-state index contributed by atoms with van der Waals surface area (Å²) < 4.78 is 62.0. The monoisotopic (exact) mass is 329 g/mol. The Labute approximate surface area is 119 Å². The summed E-state index contributed by atoms with van der Waals surface area (Å²) >= 11 is 0. The van der Waals surface area contributed by atoms with Crippen LogP contribution in [0.3, 0.4) is 0 Å². The van der Waals surface area contributed by atoms with Crippen LogP contribution >= 0.6 is 0 Å². The minimum Gasteiger partial charge on any atom is -0.481 e. The third kappa shape index (κ3) is 5.34. The van der Waals surface area contributed by atoms with Crippen LogP contribution in [0.15, 0.2) is 17.3 Å². The molecular weight excluding hydrogens is 315 g/mol. The van der Waals surface area contributed by atoms with Crippen LogP contribution in [0, 0.1) is 0 Å². The zero-order chi connectivity index (χ0) is 16.3. The summed E-state index contributed by atoms with van der Waals surface area (Å²) in [6, 6.07) is 0. The van der Waals surface area contributed by atoms with Gasteiger partial charge >= 0.3 is 12.1 Å². The number of carboxylic acids is 1. The van der Waals surface area contributed by atoms with Crippen LogP contribution in [-0.4, -0.2) is 53.3 Å². The van der Waals surface area contributed by atoms with Crippen LogP contribution in [0.25, 0.3) is 0 Å². The minimum atomic E-state index is -4.45. The van der Waals surface area contributed by atoms with E-state index < -0.39 is 35.1 Å². The van der Waals surface area contributed by atoms with Gasteiger partial charge in [0.05, 0.1) is 25.6 Å². The lowest BCUT2D eigenvalue weighted by Crippen LogP contribution is -2.30. The Kier molecular flexibility index (Phi) is 5.34. The first-order valence-electron chi connectivity index (χ1n) is 5.80. The molecule has 1 aromatic rings. The Bertz CT molecular complexity index is 597. The van der Waals surface area contributed by atoms with E-state index in [2.05, 4.69) is 5.10 Å². The average Bonchev–Trinajstić information content (AvgIpc) is 2.81. The quantitative estimate of drug-likeness (QED) is 0.803. The van der Waals surface area contributed by atoms with E-state index in [4.69, 9.17) is 5.11 Å². The summed E-state index contributed by atoms with van der Waals surface area (Å²) in [5, 5.41) is 12.2. The molecule has 0 unspecified atom stereocenters. The van der Waals surface area contributed by atoms with Crippen molar-refractivity contribution in [2.45, 2.75) is 30.5 Å². The smallest absolute Gasteiger partial charge is 0.390 e. The van der Waals surface area contributed by atoms with E-state index in [9.17, 15) is 26.4 Å². The second-order valence-electron chi connectivity index (χ2n) is 4.27. The number of carbonyl (C=O) groups is 1. The molecular formula is C10H14F3N3O4S. The third-order valence-corrected chi connectivity index (χ3v) is 4.39. The number of alkyl halides is 3. The number of hydrogen-bond donors (Lipinski definition) is 1. The normalized spacial score (nSPS) is 12.8. The predicted molar refractivity (Wildman–Crippen MR) is 65.0 cm³/mol. The Morgan fingerprint density at radius 1 is 1.48 bits per heavy atom. The highest BCUT2D eigenvalue weighted by atomic mass is 32.2. The summed E-state index contributed by atoms with van der Waals surface area (Å²) in [5.41, 5.74) is 0. The van der Waals surface area contributed by atoms with Crippen LogP contribution in [0.5, 0.6) is 0 Å². The third-order valence-electron chi connectivity index (χ3n) is 2.58. The molecule has 0 amide bonds. The molecule has 1 N–H and O–H groups in total. The second kappa shape index (κ2) is 6.43. The van der Waals surface area contributed by atoms with E-state index in [0.717, 1.165) is 24.1 Å². The Morgan fingerprint density at radius 3 is 2.62 bits per heavy atom. The van der Waals surface area contributed by atoms with Crippen LogP contribution < -0.4 is 0 Å². The Morgan fingerprint density at radius 2 is 2.10 bits per heavy atom. The van der Waals surface area contributed by atoms with Crippen molar-refractivity contribution in [1.29, 1.82) is 0 Å². The largest absolute Gasteiger partial charge is 0.481 e. The average molecular weight is 329 g/mol. The van der Waals surface area contributed by atoms with Crippen molar-refractivity contribution >= 4 is 16.0 Å². The number of aryl methyl sites for hydroxylation is 1. The Balaban J connectivity index is 2.76. The zero-order valence-electron chi connectivity index (χ0n) is 11.0. The predicted octanol–water partition coefficient (Wildman–Crippen LogP) is 0.931. The topological polar surface area (TPSA) is 92.5 Å². The second-order valence-corrected chi connectivity index (χ2v) is 6.32. The molecule has 1 rings (SSSR count). The first-order chi connectivity index (χ1) is 9.52. The van der Waals surface area contributed by atoms with E-state index in [0.29, 0.717) is 4.31 Å². The fraction of sp³-hybridized carbons (Fsp3) is 0.600. The highest BCUT2D eigenvalue weighted by molar-refractivity contribution is 7.89. The molecule has 0 aliphatic heterocycles. The molecule has 1 aromatic heterocycles. The molecule has 0 saturated carbocycles. The summed E-state index contributed by atoms with van der Waals surface area (Å²) in [7, 11) is -3.04. The van der Waals surface area contributed by atoms with Gasteiger partial charge in [-0.2, -0.15) is 18.3 Å². The molecule has 1 heterocycles. The van der Waals surface area contributed by atoms with Crippen molar-refractivity contribution in [3.8, 4) is 0 Å².